The minimum absolute atomic E-state index is 0.493. The first-order valence-corrected chi connectivity index (χ1v) is 2.99. The van der Waals surface area contributed by atoms with Crippen molar-refractivity contribution in [2.45, 2.75) is 6.92 Å². The molecule has 12 heavy (non-hydrogen) atoms. The smallest absolute Gasteiger partial charge is 0.332 e. The van der Waals surface area contributed by atoms with E-state index in [-0.39, 0.29) is 0 Å². The Morgan fingerprint density at radius 1 is 1.58 bits per heavy atom. The Hall–Kier alpha value is -1.90. The van der Waals surface area contributed by atoms with Gasteiger partial charge in [0, 0.05) is 14.0 Å². The maximum absolute atomic E-state index is 10.7. The molecule has 0 aliphatic carbocycles. The highest BCUT2D eigenvalue weighted by molar-refractivity contribution is 6.44. The topological polar surface area (TPSA) is 91.6 Å². The van der Waals surface area contributed by atoms with Crippen molar-refractivity contribution in [2.75, 3.05) is 7.05 Å². The van der Waals surface area contributed by atoms with E-state index in [9.17, 15) is 9.59 Å². The number of nitriles is 1. The SMILES string of the molecule is CNC(=O)/C(C#N)=N/OC(C)=O. The van der Waals surface area contributed by atoms with E-state index in [0.29, 0.717) is 0 Å². The van der Waals surface area contributed by atoms with Crippen molar-refractivity contribution in [3.63, 3.8) is 0 Å². The predicted octanol–water partition coefficient (Wildman–Crippen LogP) is -0.825. The van der Waals surface area contributed by atoms with Crippen LogP contribution in [0.25, 0.3) is 0 Å². The molecule has 0 saturated heterocycles. The fraction of sp³-hybridized carbons (Fsp3) is 0.333. The molecule has 0 aliphatic rings. The van der Waals surface area contributed by atoms with Gasteiger partial charge >= 0.3 is 5.97 Å². The highest BCUT2D eigenvalue weighted by atomic mass is 16.7. The number of nitrogens with zero attached hydrogens (tertiary/aromatic N) is 2. The third-order valence-corrected chi connectivity index (χ3v) is 0.814. The van der Waals surface area contributed by atoms with Gasteiger partial charge in [-0.05, 0) is 0 Å². The number of hydrogen-bond donors (Lipinski definition) is 1. The van der Waals surface area contributed by atoms with E-state index in [1.54, 1.807) is 0 Å². The van der Waals surface area contributed by atoms with E-state index in [4.69, 9.17) is 5.26 Å². The van der Waals surface area contributed by atoms with Crippen LogP contribution in [0.1, 0.15) is 6.92 Å². The van der Waals surface area contributed by atoms with Gasteiger partial charge < -0.3 is 10.2 Å². The van der Waals surface area contributed by atoms with Crippen molar-refractivity contribution < 1.29 is 14.4 Å². The second kappa shape index (κ2) is 4.85. The molecule has 0 heterocycles. The van der Waals surface area contributed by atoms with E-state index in [1.807, 2.05) is 0 Å². The molecular weight excluding hydrogens is 162 g/mol. The van der Waals surface area contributed by atoms with Crippen molar-refractivity contribution in [3.8, 4) is 6.07 Å². The van der Waals surface area contributed by atoms with Crippen LogP contribution in [0.4, 0.5) is 0 Å². The zero-order valence-electron chi connectivity index (χ0n) is 6.62. The molecule has 0 unspecified atom stereocenters. The van der Waals surface area contributed by atoms with E-state index in [1.165, 1.54) is 13.1 Å². The summed E-state index contributed by atoms with van der Waals surface area (Å²) >= 11 is 0. The number of hydrogen-bond acceptors (Lipinski definition) is 5. The predicted molar refractivity (Wildman–Crippen MR) is 38.9 cm³/mol. The van der Waals surface area contributed by atoms with Crippen LogP contribution in [-0.2, 0) is 14.4 Å². The maximum Gasteiger partial charge on any atom is 0.332 e. The molecule has 1 amide bonds. The summed E-state index contributed by atoms with van der Waals surface area (Å²) in [4.78, 5) is 25.0. The monoisotopic (exact) mass is 169 g/mol. The second-order valence-corrected chi connectivity index (χ2v) is 1.71. The van der Waals surface area contributed by atoms with Crippen molar-refractivity contribution >= 4 is 17.6 Å². The number of amides is 1. The van der Waals surface area contributed by atoms with E-state index in [2.05, 4.69) is 15.3 Å². The standard InChI is InChI=1S/C6H7N3O3/c1-4(10)12-9-5(3-7)6(11)8-2/h1-2H3,(H,8,11)/b9-5+. The number of rotatable bonds is 2. The van der Waals surface area contributed by atoms with Crippen molar-refractivity contribution in [1.29, 1.82) is 5.26 Å². The summed E-state index contributed by atoms with van der Waals surface area (Å²) < 4.78 is 0. The minimum Gasteiger partial charge on any atom is -0.353 e. The highest BCUT2D eigenvalue weighted by Crippen LogP contribution is 1.82. The van der Waals surface area contributed by atoms with Gasteiger partial charge in [-0.2, -0.15) is 5.26 Å². The Kier molecular flexibility index (Phi) is 4.08. The Balaban J connectivity index is 4.36. The van der Waals surface area contributed by atoms with Crippen LogP contribution in [0.15, 0.2) is 5.16 Å². The van der Waals surface area contributed by atoms with Crippen molar-refractivity contribution in [2.24, 2.45) is 5.16 Å². The maximum atomic E-state index is 10.7. The molecule has 0 aromatic carbocycles. The first-order chi connectivity index (χ1) is 5.61. The average molecular weight is 169 g/mol. The van der Waals surface area contributed by atoms with Crippen molar-refractivity contribution in [1.82, 2.24) is 5.32 Å². The zero-order valence-corrected chi connectivity index (χ0v) is 6.62. The molecule has 6 heteroatoms. The normalized spacial score (nSPS) is 9.92. The van der Waals surface area contributed by atoms with Crippen LogP contribution < -0.4 is 5.32 Å². The molecule has 0 aromatic rings. The number of nitrogens with one attached hydrogen (secondary N) is 1. The lowest BCUT2D eigenvalue weighted by molar-refractivity contribution is -0.140. The number of carbonyl (C=O) groups is 2. The van der Waals surface area contributed by atoms with E-state index < -0.39 is 17.6 Å². The molecule has 0 rings (SSSR count). The van der Waals surface area contributed by atoms with Crippen LogP contribution >= 0.6 is 0 Å². The molecule has 0 aromatic heterocycles. The van der Waals surface area contributed by atoms with Gasteiger partial charge in [-0.15, -0.1) is 0 Å². The third kappa shape index (κ3) is 3.31. The van der Waals surface area contributed by atoms with Crippen LogP contribution in [0.2, 0.25) is 0 Å². The van der Waals surface area contributed by atoms with Gasteiger partial charge in [0.05, 0.1) is 0 Å². The molecule has 0 bridgehead atoms. The van der Waals surface area contributed by atoms with Crippen LogP contribution in [0.5, 0.6) is 0 Å². The fourth-order valence-electron chi connectivity index (χ4n) is 0.341. The molecule has 0 spiro atoms. The van der Waals surface area contributed by atoms with Gasteiger partial charge in [0.2, 0.25) is 5.71 Å². The fourth-order valence-corrected chi connectivity index (χ4v) is 0.341. The average Bonchev–Trinajstić information content (AvgIpc) is 2.04. The molecular formula is C6H7N3O3. The van der Waals surface area contributed by atoms with Crippen LogP contribution in [0.3, 0.4) is 0 Å². The number of carbonyl (C=O) groups excluding carboxylic acids is 2. The lowest BCUT2D eigenvalue weighted by atomic mass is 10.4. The van der Waals surface area contributed by atoms with Gasteiger partial charge in [0.25, 0.3) is 5.91 Å². The van der Waals surface area contributed by atoms with Gasteiger partial charge in [-0.3, -0.25) is 4.79 Å². The minimum atomic E-state index is -0.696. The van der Waals surface area contributed by atoms with Crippen molar-refractivity contribution in [3.05, 3.63) is 0 Å². The molecule has 0 atom stereocenters. The third-order valence-electron chi connectivity index (χ3n) is 0.814. The lowest BCUT2D eigenvalue weighted by Gasteiger charge is -1.93. The Morgan fingerprint density at radius 2 is 2.17 bits per heavy atom. The summed E-state index contributed by atoms with van der Waals surface area (Å²) in [6.07, 6.45) is 0. The molecule has 0 aliphatic heterocycles. The van der Waals surface area contributed by atoms with Crippen LogP contribution in [-0.4, -0.2) is 24.6 Å². The highest BCUT2D eigenvalue weighted by Gasteiger charge is 2.08. The summed E-state index contributed by atoms with van der Waals surface area (Å²) in [5.41, 5.74) is -0.493. The van der Waals surface area contributed by atoms with E-state index >= 15 is 0 Å². The molecule has 1 N–H and O–H groups in total. The van der Waals surface area contributed by atoms with Crippen LogP contribution in [0, 0.1) is 11.3 Å². The Labute approximate surface area is 68.8 Å². The Bertz CT molecular complexity index is 264. The zero-order chi connectivity index (χ0) is 9.56. The molecule has 0 saturated carbocycles. The van der Waals surface area contributed by atoms with Gasteiger partial charge in [-0.1, -0.05) is 5.16 Å². The van der Waals surface area contributed by atoms with Gasteiger partial charge in [0.15, 0.2) is 0 Å². The van der Waals surface area contributed by atoms with Gasteiger partial charge in [0.1, 0.15) is 6.07 Å². The molecule has 0 fully saturated rings. The largest absolute Gasteiger partial charge is 0.353 e. The summed E-state index contributed by atoms with van der Waals surface area (Å²) in [5, 5.41) is 13.5. The second-order valence-electron chi connectivity index (χ2n) is 1.71. The number of oxime groups is 1. The summed E-state index contributed by atoms with van der Waals surface area (Å²) in [5.74, 6) is -1.38. The first kappa shape index (κ1) is 10.1. The van der Waals surface area contributed by atoms with E-state index in [0.717, 1.165) is 6.92 Å². The quantitative estimate of drug-likeness (QED) is 0.332. The summed E-state index contributed by atoms with van der Waals surface area (Å²) in [6.45, 7) is 1.11. The van der Waals surface area contributed by atoms with Gasteiger partial charge in [-0.25, -0.2) is 4.79 Å². The summed E-state index contributed by atoms with van der Waals surface area (Å²) in [7, 11) is 1.34. The molecule has 6 nitrogen and oxygen atoms in total. The first-order valence-electron chi connectivity index (χ1n) is 2.99. The molecule has 0 radical (unpaired) electrons. The summed E-state index contributed by atoms with van der Waals surface area (Å²) in [6, 6.07) is 1.47. The molecule has 64 valence electrons. The lowest BCUT2D eigenvalue weighted by Crippen LogP contribution is -2.26. The Morgan fingerprint density at radius 3 is 2.50 bits per heavy atom.